The van der Waals surface area contributed by atoms with E-state index in [0.717, 1.165) is 18.4 Å². The van der Waals surface area contributed by atoms with Crippen LogP contribution in [-0.2, 0) is 0 Å². The van der Waals surface area contributed by atoms with Crippen LogP contribution in [0.4, 0.5) is 0 Å². The number of piperidine rings is 1. The molecule has 1 N–H and O–H groups in total. The lowest BCUT2D eigenvalue weighted by Gasteiger charge is -2.48. The molecule has 0 radical (unpaired) electrons. The second-order valence-electron chi connectivity index (χ2n) is 8.86. The molecular formula is C18H37N3. The topological polar surface area (TPSA) is 18.5 Å². The van der Waals surface area contributed by atoms with E-state index < -0.39 is 0 Å². The minimum atomic E-state index is 0.351. The SMILES string of the molecule is CC(C)C1CNC(C(C)(C)C)CN1CC1CCCN(C)C1. The van der Waals surface area contributed by atoms with Crippen LogP contribution in [0.15, 0.2) is 0 Å². The van der Waals surface area contributed by atoms with Gasteiger partial charge < -0.3 is 10.2 Å². The Morgan fingerprint density at radius 1 is 1.19 bits per heavy atom. The molecule has 2 rings (SSSR count). The molecule has 0 aliphatic carbocycles. The van der Waals surface area contributed by atoms with E-state index in [2.05, 4.69) is 56.8 Å². The lowest BCUT2D eigenvalue weighted by Crippen LogP contribution is -2.62. The summed E-state index contributed by atoms with van der Waals surface area (Å²) in [7, 11) is 2.28. The highest BCUT2D eigenvalue weighted by molar-refractivity contribution is 4.94. The van der Waals surface area contributed by atoms with Gasteiger partial charge >= 0.3 is 0 Å². The molecule has 21 heavy (non-hydrogen) atoms. The third kappa shape index (κ3) is 4.67. The van der Waals surface area contributed by atoms with E-state index in [0.29, 0.717) is 17.5 Å². The molecule has 3 nitrogen and oxygen atoms in total. The molecule has 3 atom stereocenters. The van der Waals surface area contributed by atoms with Crippen LogP contribution in [0, 0.1) is 17.3 Å². The molecule has 0 aromatic heterocycles. The molecule has 2 heterocycles. The first kappa shape index (κ1) is 17.2. The molecule has 2 fully saturated rings. The zero-order chi connectivity index (χ0) is 15.6. The molecule has 3 unspecified atom stereocenters. The van der Waals surface area contributed by atoms with E-state index in [4.69, 9.17) is 0 Å². The van der Waals surface area contributed by atoms with Gasteiger partial charge in [0.25, 0.3) is 0 Å². The fourth-order valence-electron chi connectivity index (χ4n) is 4.03. The second-order valence-corrected chi connectivity index (χ2v) is 8.86. The summed E-state index contributed by atoms with van der Waals surface area (Å²) in [5.41, 5.74) is 0.351. The summed E-state index contributed by atoms with van der Waals surface area (Å²) in [6, 6.07) is 1.32. The summed E-state index contributed by atoms with van der Waals surface area (Å²) in [6.45, 7) is 18.1. The molecule has 2 aliphatic heterocycles. The summed E-state index contributed by atoms with van der Waals surface area (Å²) >= 11 is 0. The Hall–Kier alpha value is -0.120. The van der Waals surface area contributed by atoms with E-state index in [-0.39, 0.29) is 0 Å². The molecule has 0 aromatic carbocycles. The minimum Gasteiger partial charge on any atom is -0.311 e. The molecule has 0 aromatic rings. The number of piperazine rings is 1. The van der Waals surface area contributed by atoms with E-state index in [1.807, 2.05) is 0 Å². The fourth-order valence-corrected chi connectivity index (χ4v) is 4.03. The lowest BCUT2D eigenvalue weighted by molar-refractivity contribution is 0.0392. The third-order valence-electron chi connectivity index (χ3n) is 5.49. The van der Waals surface area contributed by atoms with Gasteiger partial charge in [0.1, 0.15) is 0 Å². The normalized spacial score (nSPS) is 33.6. The fraction of sp³-hybridized carbons (Fsp3) is 1.00. The Balaban J connectivity index is 2.00. The zero-order valence-corrected chi connectivity index (χ0v) is 15.2. The number of hydrogen-bond acceptors (Lipinski definition) is 3. The van der Waals surface area contributed by atoms with Gasteiger partial charge in [0.05, 0.1) is 0 Å². The van der Waals surface area contributed by atoms with Crippen LogP contribution < -0.4 is 5.32 Å². The predicted octanol–water partition coefficient (Wildman–Crippen LogP) is 2.67. The van der Waals surface area contributed by atoms with Crippen molar-refractivity contribution in [1.29, 1.82) is 0 Å². The van der Waals surface area contributed by atoms with Crippen molar-refractivity contribution in [3.05, 3.63) is 0 Å². The monoisotopic (exact) mass is 295 g/mol. The number of nitrogens with zero attached hydrogens (tertiary/aromatic N) is 2. The van der Waals surface area contributed by atoms with Crippen molar-refractivity contribution in [2.75, 3.05) is 39.8 Å². The van der Waals surface area contributed by atoms with Crippen molar-refractivity contribution >= 4 is 0 Å². The van der Waals surface area contributed by atoms with Crippen molar-refractivity contribution in [2.24, 2.45) is 17.3 Å². The van der Waals surface area contributed by atoms with Crippen LogP contribution in [0.2, 0.25) is 0 Å². The molecule has 2 aliphatic rings. The first-order valence-corrected chi connectivity index (χ1v) is 8.93. The van der Waals surface area contributed by atoms with Crippen molar-refractivity contribution in [3.8, 4) is 0 Å². The molecule has 0 saturated carbocycles. The van der Waals surface area contributed by atoms with E-state index >= 15 is 0 Å². The summed E-state index contributed by atoms with van der Waals surface area (Å²) in [5, 5.41) is 3.81. The first-order chi connectivity index (χ1) is 9.77. The molecule has 3 heteroatoms. The average Bonchev–Trinajstić information content (AvgIpc) is 2.37. The number of rotatable bonds is 3. The predicted molar refractivity (Wildman–Crippen MR) is 91.7 cm³/mol. The van der Waals surface area contributed by atoms with Gasteiger partial charge in [0.15, 0.2) is 0 Å². The van der Waals surface area contributed by atoms with Crippen LogP contribution in [0.5, 0.6) is 0 Å². The lowest BCUT2D eigenvalue weighted by atomic mass is 9.83. The molecule has 124 valence electrons. The standard InChI is InChI=1S/C18H37N3/c1-14(2)16-10-19-17(18(3,4)5)13-21(16)12-15-8-7-9-20(6)11-15/h14-17,19H,7-13H2,1-6H3. The third-order valence-corrected chi connectivity index (χ3v) is 5.49. The second kappa shape index (κ2) is 6.97. The first-order valence-electron chi connectivity index (χ1n) is 8.93. The van der Waals surface area contributed by atoms with Crippen LogP contribution >= 0.6 is 0 Å². The van der Waals surface area contributed by atoms with Crippen molar-refractivity contribution in [2.45, 2.75) is 59.5 Å². The summed E-state index contributed by atoms with van der Waals surface area (Å²) in [5.74, 6) is 1.60. The quantitative estimate of drug-likeness (QED) is 0.863. The van der Waals surface area contributed by atoms with Gasteiger partial charge in [-0.25, -0.2) is 0 Å². The molecule has 0 amide bonds. The van der Waals surface area contributed by atoms with Gasteiger partial charge in [-0.2, -0.15) is 0 Å². The van der Waals surface area contributed by atoms with E-state index in [1.54, 1.807) is 0 Å². The average molecular weight is 296 g/mol. The smallest absolute Gasteiger partial charge is 0.0244 e. The van der Waals surface area contributed by atoms with Crippen LogP contribution in [0.3, 0.4) is 0 Å². The maximum absolute atomic E-state index is 3.81. The molecule has 0 spiro atoms. The van der Waals surface area contributed by atoms with Crippen LogP contribution in [0.25, 0.3) is 0 Å². The Bertz CT molecular complexity index is 321. The summed E-state index contributed by atoms with van der Waals surface area (Å²) < 4.78 is 0. The van der Waals surface area contributed by atoms with E-state index in [1.165, 1.54) is 39.0 Å². The highest BCUT2D eigenvalue weighted by Crippen LogP contribution is 2.27. The Labute approximate surface area is 132 Å². The highest BCUT2D eigenvalue weighted by Gasteiger charge is 2.36. The minimum absolute atomic E-state index is 0.351. The Morgan fingerprint density at radius 3 is 2.48 bits per heavy atom. The number of nitrogens with one attached hydrogen (secondary N) is 1. The van der Waals surface area contributed by atoms with Crippen LogP contribution in [0.1, 0.15) is 47.5 Å². The number of likely N-dealkylation sites (tertiary alicyclic amines) is 1. The maximum atomic E-state index is 3.81. The summed E-state index contributed by atoms with van der Waals surface area (Å²) in [4.78, 5) is 5.32. The largest absolute Gasteiger partial charge is 0.311 e. The Kier molecular flexibility index (Phi) is 5.72. The molecular weight excluding hydrogens is 258 g/mol. The van der Waals surface area contributed by atoms with Crippen molar-refractivity contribution < 1.29 is 0 Å². The Morgan fingerprint density at radius 2 is 1.90 bits per heavy atom. The van der Waals surface area contributed by atoms with Gasteiger partial charge in [-0.3, -0.25) is 4.90 Å². The van der Waals surface area contributed by atoms with Gasteiger partial charge in [-0.15, -0.1) is 0 Å². The maximum Gasteiger partial charge on any atom is 0.0244 e. The summed E-state index contributed by atoms with van der Waals surface area (Å²) in [6.07, 6.45) is 2.79. The van der Waals surface area contributed by atoms with Gasteiger partial charge in [-0.05, 0) is 43.7 Å². The zero-order valence-electron chi connectivity index (χ0n) is 15.2. The van der Waals surface area contributed by atoms with Gasteiger partial charge in [0, 0.05) is 38.3 Å². The van der Waals surface area contributed by atoms with Gasteiger partial charge in [-0.1, -0.05) is 34.6 Å². The van der Waals surface area contributed by atoms with Crippen LogP contribution in [-0.4, -0.2) is 61.7 Å². The number of hydrogen-bond donors (Lipinski definition) is 1. The highest BCUT2D eigenvalue weighted by atomic mass is 15.2. The molecule has 0 bridgehead atoms. The van der Waals surface area contributed by atoms with Crippen molar-refractivity contribution in [1.82, 2.24) is 15.1 Å². The van der Waals surface area contributed by atoms with E-state index in [9.17, 15) is 0 Å². The molecule has 2 saturated heterocycles. The van der Waals surface area contributed by atoms with Crippen molar-refractivity contribution in [3.63, 3.8) is 0 Å². The van der Waals surface area contributed by atoms with Gasteiger partial charge in [0.2, 0.25) is 0 Å².